The smallest absolute Gasteiger partial charge is 0.400 e. The molecule has 1 saturated heterocycles. The molecule has 102 valence electrons. The van der Waals surface area contributed by atoms with Crippen molar-refractivity contribution in [3.8, 4) is 0 Å². The molecule has 18 heavy (non-hydrogen) atoms. The summed E-state index contributed by atoms with van der Waals surface area (Å²) in [6, 6.07) is 0. The number of hydrogen-bond acceptors (Lipinski definition) is 2. The second-order valence-corrected chi connectivity index (χ2v) is 6.67. The minimum atomic E-state index is -0.211. The van der Waals surface area contributed by atoms with Crippen LogP contribution in [0.25, 0.3) is 0 Å². The van der Waals surface area contributed by atoms with Crippen molar-refractivity contribution in [2.45, 2.75) is 83.8 Å². The van der Waals surface area contributed by atoms with Crippen LogP contribution in [0.2, 0.25) is 0 Å². The van der Waals surface area contributed by atoms with Gasteiger partial charge in [0.2, 0.25) is 0 Å². The highest BCUT2D eigenvalue weighted by molar-refractivity contribution is 6.54. The number of hydrogen-bond donors (Lipinski definition) is 0. The molecule has 0 aromatic heterocycles. The Morgan fingerprint density at radius 3 is 2.11 bits per heavy atom. The van der Waals surface area contributed by atoms with E-state index in [0.717, 1.165) is 6.42 Å². The first kappa shape index (κ1) is 14.1. The Labute approximate surface area is 112 Å². The van der Waals surface area contributed by atoms with Crippen molar-refractivity contribution in [1.82, 2.24) is 0 Å². The molecule has 0 amide bonds. The Balaban J connectivity index is 2.06. The normalized spacial score (nSPS) is 28.2. The van der Waals surface area contributed by atoms with E-state index in [1.54, 1.807) is 0 Å². The summed E-state index contributed by atoms with van der Waals surface area (Å²) >= 11 is 0. The van der Waals surface area contributed by atoms with Gasteiger partial charge in [0.15, 0.2) is 0 Å². The summed E-state index contributed by atoms with van der Waals surface area (Å²) in [6.45, 7) is 8.51. The fourth-order valence-electron chi connectivity index (χ4n) is 2.60. The van der Waals surface area contributed by atoms with E-state index in [1.807, 2.05) is 0 Å². The predicted molar refractivity (Wildman–Crippen MR) is 76.5 cm³/mol. The Morgan fingerprint density at radius 2 is 1.44 bits per heavy atom. The summed E-state index contributed by atoms with van der Waals surface area (Å²) in [6.07, 6.45) is 11.4. The van der Waals surface area contributed by atoms with E-state index in [0.29, 0.717) is 0 Å². The summed E-state index contributed by atoms with van der Waals surface area (Å²) < 4.78 is 12.3. The Morgan fingerprint density at radius 1 is 0.889 bits per heavy atom. The first-order valence-electron chi connectivity index (χ1n) is 7.47. The van der Waals surface area contributed by atoms with Crippen LogP contribution in [0.15, 0.2) is 11.5 Å². The van der Waals surface area contributed by atoms with Crippen LogP contribution in [0.3, 0.4) is 0 Å². The minimum Gasteiger partial charge on any atom is -0.400 e. The van der Waals surface area contributed by atoms with E-state index >= 15 is 0 Å². The van der Waals surface area contributed by atoms with Gasteiger partial charge in [-0.15, -0.1) is 0 Å². The van der Waals surface area contributed by atoms with Crippen LogP contribution in [0.4, 0.5) is 0 Å². The maximum absolute atomic E-state index is 6.15. The molecule has 0 bridgehead atoms. The molecule has 1 aliphatic heterocycles. The first-order valence-corrected chi connectivity index (χ1v) is 7.47. The van der Waals surface area contributed by atoms with Crippen LogP contribution < -0.4 is 0 Å². The van der Waals surface area contributed by atoms with Crippen molar-refractivity contribution >= 4 is 7.12 Å². The summed E-state index contributed by atoms with van der Waals surface area (Å²) in [7, 11) is -0.118. The average Bonchev–Trinajstić information content (AvgIpc) is 2.56. The molecule has 2 rings (SSSR count). The fraction of sp³-hybridized carbons (Fsp3) is 0.867. The summed E-state index contributed by atoms with van der Waals surface area (Å²) in [5.74, 6) is 0. The van der Waals surface area contributed by atoms with Gasteiger partial charge in [-0.2, -0.15) is 0 Å². The third-order valence-electron chi connectivity index (χ3n) is 4.63. The Hall–Kier alpha value is -0.275. The van der Waals surface area contributed by atoms with Crippen LogP contribution in [0.1, 0.15) is 72.6 Å². The highest BCUT2D eigenvalue weighted by Gasteiger charge is 2.52. The van der Waals surface area contributed by atoms with Crippen LogP contribution in [-0.4, -0.2) is 18.3 Å². The molecule has 0 unspecified atom stereocenters. The van der Waals surface area contributed by atoms with Gasteiger partial charge in [0.25, 0.3) is 0 Å². The summed E-state index contributed by atoms with van der Waals surface area (Å²) in [5, 5.41) is 0. The van der Waals surface area contributed by atoms with Crippen LogP contribution >= 0.6 is 0 Å². The minimum absolute atomic E-state index is 0.118. The fourth-order valence-corrected chi connectivity index (χ4v) is 2.60. The second-order valence-electron chi connectivity index (χ2n) is 6.67. The zero-order valence-electron chi connectivity index (χ0n) is 12.4. The standard InChI is InChI=1S/C15H27BO2/c1-14(2)15(3,4)18-16(17-14)13-11-9-7-5-6-8-10-12-13/h11H,5-10,12H2,1-4H3. The van der Waals surface area contributed by atoms with E-state index in [2.05, 4.69) is 33.8 Å². The van der Waals surface area contributed by atoms with E-state index in [9.17, 15) is 0 Å². The van der Waals surface area contributed by atoms with Gasteiger partial charge in [-0.1, -0.05) is 31.8 Å². The van der Waals surface area contributed by atoms with Crippen molar-refractivity contribution in [2.75, 3.05) is 0 Å². The molecule has 0 N–H and O–H groups in total. The molecule has 0 saturated carbocycles. The summed E-state index contributed by atoms with van der Waals surface area (Å²) in [4.78, 5) is 0. The SMILES string of the molecule is CC1(C)OB(C2=CCCCCCCC2)OC1(C)C. The molecular formula is C15H27BO2. The maximum Gasteiger partial charge on any atom is 0.490 e. The third kappa shape index (κ3) is 3.00. The van der Waals surface area contributed by atoms with Gasteiger partial charge in [-0.3, -0.25) is 0 Å². The van der Waals surface area contributed by atoms with E-state index in [1.165, 1.54) is 44.0 Å². The topological polar surface area (TPSA) is 18.5 Å². The lowest BCUT2D eigenvalue weighted by Crippen LogP contribution is -2.41. The first-order chi connectivity index (χ1) is 8.42. The number of rotatable bonds is 1. The van der Waals surface area contributed by atoms with E-state index < -0.39 is 0 Å². The van der Waals surface area contributed by atoms with Crippen molar-refractivity contribution in [3.05, 3.63) is 11.5 Å². The van der Waals surface area contributed by atoms with Gasteiger partial charge in [0, 0.05) is 0 Å². The van der Waals surface area contributed by atoms with Crippen LogP contribution in [0, 0.1) is 0 Å². The van der Waals surface area contributed by atoms with Gasteiger partial charge in [-0.25, -0.2) is 0 Å². The predicted octanol–water partition coefficient (Wildman–Crippen LogP) is 4.29. The van der Waals surface area contributed by atoms with Gasteiger partial charge in [0.1, 0.15) is 0 Å². The second kappa shape index (κ2) is 5.38. The van der Waals surface area contributed by atoms with Gasteiger partial charge >= 0.3 is 7.12 Å². The van der Waals surface area contributed by atoms with Crippen molar-refractivity contribution in [2.24, 2.45) is 0 Å². The molecule has 1 fully saturated rings. The van der Waals surface area contributed by atoms with Crippen molar-refractivity contribution in [1.29, 1.82) is 0 Å². The highest BCUT2D eigenvalue weighted by atomic mass is 16.7. The summed E-state index contributed by atoms with van der Waals surface area (Å²) in [5.41, 5.74) is 0.948. The maximum atomic E-state index is 6.15. The van der Waals surface area contributed by atoms with E-state index in [4.69, 9.17) is 9.31 Å². The van der Waals surface area contributed by atoms with Crippen LogP contribution in [0.5, 0.6) is 0 Å². The molecule has 0 spiro atoms. The molecule has 0 aromatic rings. The number of allylic oxidation sites excluding steroid dienone is 2. The van der Waals surface area contributed by atoms with Crippen LogP contribution in [-0.2, 0) is 9.31 Å². The van der Waals surface area contributed by atoms with Gasteiger partial charge in [-0.05, 0) is 52.4 Å². The molecule has 0 radical (unpaired) electrons. The lowest BCUT2D eigenvalue weighted by Gasteiger charge is -2.32. The zero-order valence-corrected chi connectivity index (χ0v) is 12.4. The molecule has 3 heteroatoms. The quantitative estimate of drug-likeness (QED) is 0.646. The van der Waals surface area contributed by atoms with Gasteiger partial charge in [0.05, 0.1) is 11.2 Å². The average molecular weight is 250 g/mol. The molecule has 1 aliphatic carbocycles. The molecular weight excluding hydrogens is 223 g/mol. The lowest BCUT2D eigenvalue weighted by atomic mass is 9.75. The largest absolute Gasteiger partial charge is 0.490 e. The molecule has 0 atom stereocenters. The Kier molecular flexibility index (Phi) is 4.23. The molecule has 0 aromatic carbocycles. The highest BCUT2D eigenvalue weighted by Crippen LogP contribution is 2.39. The van der Waals surface area contributed by atoms with Crippen molar-refractivity contribution in [3.63, 3.8) is 0 Å². The molecule has 2 aliphatic rings. The molecule has 1 heterocycles. The zero-order chi connectivity index (χ0) is 13.2. The third-order valence-corrected chi connectivity index (χ3v) is 4.63. The lowest BCUT2D eigenvalue weighted by molar-refractivity contribution is 0.00578. The van der Waals surface area contributed by atoms with E-state index in [-0.39, 0.29) is 18.3 Å². The van der Waals surface area contributed by atoms with Gasteiger partial charge < -0.3 is 9.31 Å². The van der Waals surface area contributed by atoms with Crippen molar-refractivity contribution < 1.29 is 9.31 Å². The Bertz CT molecular complexity index is 304. The monoisotopic (exact) mass is 250 g/mol. The molecule has 2 nitrogen and oxygen atoms in total.